The molecule has 1 aromatic heterocycles. The van der Waals surface area contributed by atoms with Crippen LogP contribution in [0.4, 0.5) is 5.69 Å². The Morgan fingerprint density at radius 1 is 1.19 bits per heavy atom. The summed E-state index contributed by atoms with van der Waals surface area (Å²) in [5, 5.41) is 1.47. The predicted molar refractivity (Wildman–Crippen MR) is 81.3 cm³/mol. The Bertz CT molecular complexity index is 935. The van der Waals surface area contributed by atoms with Crippen molar-refractivity contribution in [2.24, 2.45) is 0 Å². The Morgan fingerprint density at radius 3 is 2.62 bits per heavy atom. The van der Waals surface area contributed by atoms with Gasteiger partial charge in [0.05, 0.1) is 24.6 Å². The molecule has 0 fully saturated rings. The number of nitrogens with zero attached hydrogens (tertiary/aromatic N) is 1. The maximum atomic E-state index is 12.6. The molecule has 0 amide bonds. The second kappa shape index (κ2) is 4.86. The van der Waals surface area contributed by atoms with E-state index in [0.717, 1.165) is 0 Å². The summed E-state index contributed by atoms with van der Waals surface area (Å²) in [6, 6.07) is 10.1. The highest BCUT2D eigenvalue weighted by Crippen LogP contribution is 2.21. The van der Waals surface area contributed by atoms with Crippen molar-refractivity contribution >= 4 is 33.3 Å². The first-order valence-electron chi connectivity index (χ1n) is 6.31. The van der Waals surface area contributed by atoms with Crippen LogP contribution < -0.4 is 11.2 Å². The Labute approximate surface area is 120 Å². The second-order valence-electron chi connectivity index (χ2n) is 4.63. The van der Waals surface area contributed by atoms with Gasteiger partial charge < -0.3 is 10.5 Å². The van der Waals surface area contributed by atoms with Crippen LogP contribution in [-0.4, -0.2) is 18.1 Å². The number of hydrogen-bond donors (Lipinski definition) is 1. The minimum atomic E-state index is -0.509. The number of esters is 1. The predicted octanol–water partition coefficient (Wildman–Crippen LogP) is 2.12. The lowest BCUT2D eigenvalue weighted by molar-refractivity contribution is 0.0603. The quantitative estimate of drug-likeness (QED) is 0.690. The molecule has 3 rings (SSSR count). The molecule has 0 radical (unpaired) electrons. The van der Waals surface area contributed by atoms with Crippen molar-refractivity contribution in [3.63, 3.8) is 0 Å². The van der Waals surface area contributed by atoms with Crippen LogP contribution in [0.5, 0.6) is 0 Å². The number of carbonyl (C=O) groups is 1. The van der Waals surface area contributed by atoms with Gasteiger partial charge in [0.1, 0.15) is 5.52 Å². The zero-order chi connectivity index (χ0) is 15.0. The summed E-state index contributed by atoms with van der Waals surface area (Å²) in [7, 11) is 1.30. The number of pyridine rings is 1. The molecule has 104 valence electrons. The van der Waals surface area contributed by atoms with Crippen LogP contribution in [0, 0.1) is 0 Å². The van der Waals surface area contributed by atoms with E-state index in [-0.39, 0.29) is 10.9 Å². The maximum absolute atomic E-state index is 12.6. The molecule has 0 aliphatic heterocycles. The summed E-state index contributed by atoms with van der Waals surface area (Å²) in [6.07, 6.45) is 1.43. The molecule has 0 aliphatic carbocycles. The Balaban J connectivity index is 2.63. The third-order valence-corrected chi connectivity index (χ3v) is 3.32. The van der Waals surface area contributed by atoms with Gasteiger partial charge in [0.2, 0.25) is 5.43 Å². The minimum absolute atomic E-state index is 0.240. The Hall–Kier alpha value is -2.95. The van der Waals surface area contributed by atoms with Gasteiger partial charge in [-0.1, -0.05) is 24.3 Å². The van der Waals surface area contributed by atoms with Gasteiger partial charge in [-0.15, -0.1) is 0 Å². The molecule has 0 saturated carbocycles. The summed E-state index contributed by atoms with van der Waals surface area (Å²) in [5.74, 6) is -0.509. The fraction of sp³-hybridized carbons (Fsp3) is 0.0625. The van der Waals surface area contributed by atoms with Crippen LogP contribution in [0.2, 0.25) is 0 Å². The molecule has 0 bridgehead atoms. The number of nitrogen functional groups attached to an aromatic ring is 1. The van der Waals surface area contributed by atoms with Crippen molar-refractivity contribution in [1.29, 1.82) is 0 Å². The zero-order valence-electron chi connectivity index (χ0n) is 11.3. The molecule has 2 N–H and O–H groups in total. The summed E-state index contributed by atoms with van der Waals surface area (Å²) in [4.78, 5) is 28.7. The number of anilines is 1. The lowest BCUT2D eigenvalue weighted by atomic mass is 10.1. The number of carbonyl (C=O) groups excluding carboxylic acids is 1. The fourth-order valence-corrected chi connectivity index (χ4v) is 2.35. The number of fused-ring (bicyclic) bond motifs is 2. The molecular formula is C16H12N2O3. The number of nitrogens with two attached hydrogens (primary N) is 1. The third kappa shape index (κ3) is 2.08. The number of hydrogen-bond acceptors (Lipinski definition) is 5. The normalized spacial score (nSPS) is 10.7. The molecule has 0 spiro atoms. The van der Waals surface area contributed by atoms with E-state index in [4.69, 9.17) is 10.5 Å². The van der Waals surface area contributed by atoms with Gasteiger partial charge in [-0.2, -0.15) is 0 Å². The van der Waals surface area contributed by atoms with Crippen LogP contribution in [-0.2, 0) is 4.74 Å². The van der Waals surface area contributed by atoms with Gasteiger partial charge in [-0.25, -0.2) is 9.78 Å². The standard InChI is InChI=1S/C16H12N2O3/c1-21-16(20)13-7-9-6-10(17)8-18-14(9)15(19)12-5-3-2-4-11(12)13/h2-8H,17H2,1H3. The van der Waals surface area contributed by atoms with Crippen molar-refractivity contribution in [1.82, 2.24) is 4.98 Å². The highest BCUT2D eigenvalue weighted by molar-refractivity contribution is 6.07. The lowest BCUT2D eigenvalue weighted by Crippen LogP contribution is -2.02. The van der Waals surface area contributed by atoms with Crippen molar-refractivity contribution < 1.29 is 9.53 Å². The molecule has 3 aromatic rings. The van der Waals surface area contributed by atoms with E-state index in [0.29, 0.717) is 27.4 Å². The average Bonchev–Trinajstić information content (AvgIpc) is 2.62. The molecule has 2 aromatic carbocycles. The van der Waals surface area contributed by atoms with Gasteiger partial charge in [0, 0.05) is 16.2 Å². The van der Waals surface area contributed by atoms with E-state index in [2.05, 4.69) is 4.98 Å². The summed E-state index contributed by atoms with van der Waals surface area (Å²) >= 11 is 0. The fourth-order valence-electron chi connectivity index (χ4n) is 2.35. The first-order valence-corrected chi connectivity index (χ1v) is 6.31. The zero-order valence-corrected chi connectivity index (χ0v) is 11.3. The molecule has 5 heteroatoms. The number of benzene rings is 1. The number of methoxy groups -OCH3 is 1. The van der Waals surface area contributed by atoms with Crippen molar-refractivity contribution in [2.45, 2.75) is 0 Å². The first-order chi connectivity index (χ1) is 10.1. The monoisotopic (exact) mass is 280 g/mol. The number of rotatable bonds is 1. The average molecular weight is 280 g/mol. The van der Waals surface area contributed by atoms with E-state index in [1.165, 1.54) is 13.3 Å². The second-order valence-corrected chi connectivity index (χ2v) is 4.63. The molecule has 0 saturated heterocycles. The largest absolute Gasteiger partial charge is 0.465 e. The van der Waals surface area contributed by atoms with Crippen molar-refractivity contribution in [3.8, 4) is 0 Å². The van der Waals surface area contributed by atoms with Gasteiger partial charge in [0.15, 0.2) is 0 Å². The maximum Gasteiger partial charge on any atom is 0.338 e. The summed E-state index contributed by atoms with van der Waals surface area (Å²) < 4.78 is 4.81. The first kappa shape index (κ1) is 13.1. The van der Waals surface area contributed by atoms with Gasteiger partial charge in [0.25, 0.3) is 0 Å². The van der Waals surface area contributed by atoms with Gasteiger partial charge in [-0.3, -0.25) is 4.79 Å². The Kier molecular flexibility index (Phi) is 3.02. The van der Waals surface area contributed by atoms with Crippen LogP contribution in [0.25, 0.3) is 21.7 Å². The van der Waals surface area contributed by atoms with Crippen LogP contribution in [0.1, 0.15) is 10.4 Å². The molecule has 0 aliphatic rings. The number of aromatic nitrogens is 1. The van der Waals surface area contributed by atoms with E-state index in [1.807, 2.05) is 0 Å². The molecule has 0 unspecified atom stereocenters. The smallest absolute Gasteiger partial charge is 0.338 e. The molecule has 21 heavy (non-hydrogen) atoms. The third-order valence-electron chi connectivity index (χ3n) is 3.32. The highest BCUT2D eigenvalue weighted by Gasteiger charge is 2.13. The minimum Gasteiger partial charge on any atom is -0.465 e. The van der Waals surface area contributed by atoms with Crippen molar-refractivity contribution in [3.05, 3.63) is 58.4 Å². The molecule has 0 atom stereocenters. The van der Waals surface area contributed by atoms with E-state index >= 15 is 0 Å². The highest BCUT2D eigenvalue weighted by atomic mass is 16.5. The van der Waals surface area contributed by atoms with Gasteiger partial charge in [-0.05, 0) is 12.1 Å². The lowest BCUT2D eigenvalue weighted by Gasteiger charge is -2.00. The van der Waals surface area contributed by atoms with Gasteiger partial charge >= 0.3 is 5.97 Å². The molecule has 1 heterocycles. The Morgan fingerprint density at radius 2 is 1.90 bits per heavy atom. The van der Waals surface area contributed by atoms with Crippen molar-refractivity contribution in [2.75, 3.05) is 12.8 Å². The summed E-state index contributed by atoms with van der Waals surface area (Å²) in [5.41, 5.74) is 6.49. The SMILES string of the molecule is COC(=O)c1cc2cc(N)cnc2c(=O)c2ccccc12. The number of ether oxygens (including phenoxy) is 1. The van der Waals surface area contributed by atoms with Crippen LogP contribution in [0.3, 0.4) is 0 Å². The van der Waals surface area contributed by atoms with Crippen LogP contribution >= 0.6 is 0 Å². The van der Waals surface area contributed by atoms with E-state index < -0.39 is 5.97 Å². The topological polar surface area (TPSA) is 82.3 Å². The van der Waals surface area contributed by atoms with E-state index in [9.17, 15) is 9.59 Å². The van der Waals surface area contributed by atoms with E-state index in [1.54, 1.807) is 36.4 Å². The molecule has 5 nitrogen and oxygen atoms in total. The molecular weight excluding hydrogens is 268 g/mol. The summed E-state index contributed by atoms with van der Waals surface area (Å²) in [6.45, 7) is 0. The van der Waals surface area contributed by atoms with Crippen LogP contribution in [0.15, 0.2) is 47.4 Å².